The number of hydrogen-bond donors (Lipinski definition) is 1. The van der Waals surface area contributed by atoms with Crippen LogP contribution in [-0.2, 0) is 6.42 Å². The van der Waals surface area contributed by atoms with Crippen molar-refractivity contribution in [1.82, 2.24) is 5.32 Å². The third kappa shape index (κ3) is 3.15. The first-order chi connectivity index (χ1) is 8.15. The average molecular weight is 272 g/mol. The van der Waals surface area contributed by atoms with Crippen LogP contribution >= 0.6 is 23.2 Å². The molecule has 1 atom stereocenters. The maximum absolute atomic E-state index is 6.25. The van der Waals surface area contributed by atoms with Gasteiger partial charge in [-0.15, -0.1) is 0 Å². The van der Waals surface area contributed by atoms with Gasteiger partial charge in [-0.2, -0.15) is 0 Å². The summed E-state index contributed by atoms with van der Waals surface area (Å²) in [5.41, 5.74) is 1.41. The Kier molecular flexibility index (Phi) is 4.35. The molecule has 94 valence electrons. The van der Waals surface area contributed by atoms with Gasteiger partial charge in [0.2, 0.25) is 0 Å². The average Bonchev–Trinajstić information content (AvgIpc) is 2.73. The minimum Gasteiger partial charge on any atom is -0.311 e. The Morgan fingerprint density at radius 3 is 2.82 bits per heavy atom. The zero-order chi connectivity index (χ0) is 12.3. The van der Waals surface area contributed by atoms with E-state index in [1.54, 1.807) is 0 Å². The summed E-state index contributed by atoms with van der Waals surface area (Å²) < 4.78 is 0. The van der Waals surface area contributed by atoms with Gasteiger partial charge in [0.15, 0.2) is 0 Å². The predicted molar refractivity (Wildman–Crippen MR) is 75.0 cm³/mol. The zero-order valence-electron chi connectivity index (χ0n) is 10.2. The van der Waals surface area contributed by atoms with Crippen LogP contribution in [0, 0.1) is 0 Å². The molecule has 1 aromatic carbocycles. The van der Waals surface area contributed by atoms with Gasteiger partial charge >= 0.3 is 0 Å². The lowest BCUT2D eigenvalue weighted by Crippen LogP contribution is -2.41. The van der Waals surface area contributed by atoms with Crippen LogP contribution in [0.15, 0.2) is 18.2 Å². The molecule has 0 aliphatic carbocycles. The molecular formula is C14H19Cl2N. The summed E-state index contributed by atoms with van der Waals surface area (Å²) in [6.07, 6.45) is 5.89. The van der Waals surface area contributed by atoms with E-state index in [1.807, 2.05) is 18.2 Å². The molecule has 0 bridgehead atoms. The molecule has 1 heterocycles. The third-order valence-corrected chi connectivity index (χ3v) is 4.20. The van der Waals surface area contributed by atoms with Crippen molar-refractivity contribution in [2.24, 2.45) is 0 Å². The van der Waals surface area contributed by atoms with Crippen LogP contribution in [0.2, 0.25) is 10.0 Å². The number of nitrogens with one attached hydrogen (secondary N) is 1. The molecule has 1 saturated heterocycles. The summed E-state index contributed by atoms with van der Waals surface area (Å²) in [5, 5.41) is 5.27. The van der Waals surface area contributed by atoms with E-state index < -0.39 is 0 Å². The zero-order valence-corrected chi connectivity index (χ0v) is 11.7. The van der Waals surface area contributed by atoms with E-state index in [-0.39, 0.29) is 5.54 Å². The largest absolute Gasteiger partial charge is 0.311 e. The molecule has 0 radical (unpaired) electrons. The smallest absolute Gasteiger partial charge is 0.0439 e. The summed E-state index contributed by atoms with van der Waals surface area (Å²) in [6, 6.07) is 5.75. The normalized spacial score (nSPS) is 24.2. The fraction of sp³-hybridized carbons (Fsp3) is 0.571. The standard InChI is InChI=1S/C14H19Cl2N/c1-2-6-14(7-3-8-17-14)10-11-9-12(15)4-5-13(11)16/h4-5,9,17H,2-3,6-8,10H2,1H3. The van der Waals surface area contributed by atoms with Crippen molar-refractivity contribution in [3.63, 3.8) is 0 Å². The van der Waals surface area contributed by atoms with Crippen molar-refractivity contribution in [2.45, 2.75) is 44.6 Å². The maximum atomic E-state index is 6.25. The summed E-state index contributed by atoms with van der Waals surface area (Å²) in [7, 11) is 0. The molecule has 0 saturated carbocycles. The van der Waals surface area contributed by atoms with Crippen molar-refractivity contribution in [2.75, 3.05) is 6.54 Å². The lowest BCUT2D eigenvalue weighted by Gasteiger charge is -2.30. The van der Waals surface area contributed by atoms with Gasteiger partial charge < -0.3 is 5.32 Å². The van der Waals surface area contributed by atoms with E-state index in [1.165, 1.54) is 31.2 Å². The molecule has 1 fully saturated rings. The second-order valence-corrected chi connectivity index (χ2v) is 5.82. The molecule has 17 heavy (non-hydrogen) atoms. The third-order valence-electron chi connectivity index (χ3n) is 3.60. The number of hydrogen-bond acceptors (Lipinski definition) is 1. The summed E-state index contributed by atoms with van der Waals surface area (Å²) in [6.45, 7) is 3.36. The lowest BCUT2D eigenvalue weighted by atomic mass is 9.85. The van der Waals surface area contributed by atoms with Crippen molar-refractivity contribution < 1.29 is 0 Å². The van der Waals surface area contributed by atoms with E-state index in [9.17, 15) is 0 Å². The molecule has 0 aromatic heterocycles. The molecule has 1 aliphatic heterocycles. The van der Waals surface area contributed by atoms with E-state index in [0.29, 0.717) is 0 Å². The summed E-state index contributed by atoms with van der Waals surface area (Å²) >= 11 is 12.3. The topological polar surface area (TPSA) is 12.0 Å². The first-order valence-electron chi connectivity index (χ1n) is 6.34. The van der Waals surface area contributed by atoms with Gasteiger partial charge in [0.05, 0.1) is 0 Å². The van der Waals surface area contributed by atoms with Crippen LogP contribution in [0.5, 0.6) is 0 Å². The quantitative estimate of drug-likeness (QED) is 0.853. The summed E-state index contributed by atoms with van der Waals surface area (Å²) in [4.78, 5) is 0. The van der Waals surface area contributed by atoms with Crippen LogP contribution in [0.1, 0.15) is 38.2 Å². The Hall–Kier alpha value is -0.240. The maximum Gasteiger partial charge on any atom is 0.0439 e. The predicted octanol–water partition coefficient (Wildman–Crippen LogP) is 4.46. The van der Waals surface area contributed by atoms with Gasteiger partial charge in [0.25, 0.3) is 0 Å². The van der Waals surface area contributed by atoms with Crippen LogP contribution in [0.4, 0.5) is 0 Å². The lowest BCUT2D eigenvalue weighted by molar-refractivity contribution is 0.342. The molecule has 0 spiro atoms. The van der Waals surface area contributed by atoms with Crippen molar-refractivity contribution in [1.29, 1.82) is 0 Å². The number of benzene rings is 1. The number of halogens is 2. The van der Waals surface area contributed by atoms with Gasteiger partial charge in [-0.05, 0) is 56.0 Å². The molecule has 1 aliphatic rings. The number of rotatable bonds is 4. The van der Waals surface area contributed by atoms with Gasteiger partial charge in [0.1, 0.15) is 0 Å². The molecule has 1 unspecified atom stereocenters. The monoisotopic (exact) mass is 271 g/mol. The van der Waals surface area contributed by atoms with E-state index in [0.717, 1.165) is 23.0 Å². The van der Waals surface area contributed by atoms with Crippen LogP contribution < -0.4 is 5.32 Å². The molecule has 1 nitrogen and oxygen atoms in total. The Balaban J connectivity index is 2.19. The van der Waals surface area contributed by atoms with Gasteiger partial charge in [0, 0.05) is 15.6 Å². The first kappa shape index (κ1) is 13.2. The second kappa shape index (κ2) is 5.60. The van der Waals surface area contributed by atoms with Gasteiger partial charge in [-0.3, -0.25) is 0 Å². The Bertz CT molecular complexity index is 384. The molecule has 0 amide bonds. The SMILES string of the molecule is CCCC1(Cc2cc(Cl)ccc2Cl)CCCN1. The van der Waals surface area contributed by atoms with E-state index in [2.05, 4.69) is 12.2 Å². The highest BCUT2D eigenvalue weighted by atomic mass is 35.5. The second-order valence-electron chi connectivity index (χ2n) is 4.97. The summed E-state index contributed by atoms with van der Waals surface area (Å²) in [5.74, 6) is 0. The molecule has 3 heteroatoms. The van der Waals surface area contributed by atoms with Crippen molar-refractivity contribution in [3.05, 3.63) is 33.8 Å². The van der Waals surface area contributed by atoms with Crippen LogP contribution in [0.25, 0.3) is 0 Å². The van der Waals surface area contributed by atoms with Crippen molar-refractivity contribution >= 4 is 23.2 Å². The fourth-order valence-corrected chi connectivity index (χ4v) is 3.22. The molecular weight excluding hydrogens is 253 g/mol. The molecule has 1 aromatic rings. The Labute approximate surface area is 114 Å². The molecule has 2 rings (SSSR count). The molecule has 1 N–H and O–H groups in total. The Morgan fingerprint density at radius 1 is 1.35 bits per heavy atom. The minimum atomic E-state index is 0.239. The highest BCUT2D eigenvalue weighted by Crippen LogP contribution is 2.32. The fourth-order valence-electron chi connectivity index (χ4n) is 2.84. The van der Waals surface area contributed by atoms with Crippen LogP contribution in [-0.4, -0.2) is 12.1 Å². The van der Waals surface area contributed by atoms with E-state index >= 15 is 0 Å². The van der Waals surface area contributed by atoms with Crippen molar-refractivity contribution in [3.8, 4) is 0 Å². The van der Waals surface area contributed by atoms with E-state index in [4.69, 9.17) is 23.2 Å². The Morgan fingerprint density at radius 2 is 2.18 bits per heavy atom. The van der Waals surface area contributed by atoms with Crippen LogP contribution in [0.3, 0.4) is 0 Å². The van der Waals surface area contributed by atoms with Gasteiger partial charge in [-0.25, -0.2) is 0 Å². The highest BCUT2D eigenvalue weighted by Gasteiger charge is 2.32. The highest BCUT2D eigenvalue weighted by molar-refractivity contribution is 6.33. The minimum absolute atomic E-state index is 0.239. The first-order valence-corrected chi connectivity index (χ1v) is 7.10. The van der Waals surface area contributed by atoms with Gasteiger partial charge in [-0.1, -0.05) is 36.5 Å².